The number of aromatic nitrogens is 2. The number of para-hydroxylation sites is 2. The summed E-state index contributed by atoms with van der Waals surface area (Å²) in [7, 11) is 1.62. The lowest BCUT2D eigenvalue weighted by atomic mass is 10.1. The molecule has 1 aromatic heterocycles. The number of aryl methyl sites for hydroxylation is 1. The van der Waals surface area contributed by atoms with Gasteiger partial charge in [0.1, 0.15) is 11.5 Å². The summed E-state index contributed by atoms with van der Waals surface area (Å²) in [6.45, 7) is 3.10. The van der Waals surface area contributed by atoms with Gasteiger partial charge < -0.3 is 14.4 Å². The quantitative estimate of drug-likeness (QED) is 0.301. The van der Waals surface area contributed by atoms with E-state index in [1.54, 1.807) is 7.11 Å². The second-order valence-electron chi connectivity index (χ2n) is 8.89. The molecule has 1 aliphatic carbocycles. The number of hydrogen-bond donors (Lipinski definition) is 0. The summed E-state index contributed by atoms with van der Waals surface area (Å²) in [6.07, 6.45) is 2.31. The maximum absolute atomic E-state index is 13.6. The summed E-state index contributed by atoms with van der Waals surface area (Å²) in [4.78, 5) is 15.5. The summed E-state index contributed by atoms with van der Waals surface area (Å²) >= 11 is 0. The highest BCUT2D eigenvalue weighted by atomic mass is 16.5. The Bertz CT molecular complexity index is 1280. The van der Waals surface area contributed by atoms with Crippen LogP contribution in [0, 0.1) is 12.8 Å². The maximum Gasteiger partial charge on any atom is 0.254 e. The van der Waals surface area contributed by atoms with Gasteiger partial charge in [0.25, 0.3) is 5.91 Å². The lowest BCUT2D eigenvalue weighted by Crippen LogP contribution is -2.32. The van der Waals surface area contributed by atoms with Crippen molar-refractivity contribution in [2.24, 2.45) is 5.92 Å². The summed E-state index contributed by atoms with van der Waals surface area (Å²) in [6, 6.07) is 26.9. The summed E-state index contributed by atoms with van der Waals surface area (Å²) < 4.78 is 13.5. The van der Waals surface area contributed by atoms with Crippen molar-refractivity contribution in [1.29, 1.82) is 0 Å². The van der Waals surface area contributed by atoms with Crippen LogP contribution in [0.15, 0.2) is 84.9 Å². The van der Waals surface area contributed by atoms with Crippen molar-refractivity contribution in [2.75, 3.05) is 13.7 Å². The number of amides is 1. The smallest absolute Gasteiger partial charge is 0.254 e. The summed E-state index contributed by atoms with van der Waals surface area (Å²) in [5.74, 6) is 2.62. The number of ether oxygens (including phenoxy) is 2. The first kappa shape index (κ1) is 22.7. The standard InChI is InChI=1S/C29H29N3O3/c1-21-27(20-31(19-22-13-14-22)28(33)23-15-17-25(34-2)18-16-23)29(35-26-11-7-4-8-12-26)32(30-21)24-9-5-3-6-10-24/h3-12,15-18,22H,13-14,19-20H2,1-2H3. The van der Waals surface area contributed by atoms with Crippen molar-refractivity contribution in [3.8, 4) is 23.1 Å². The van der Waals surface area contributed by atoms with Gasteiger partial charge in [0.05, 0.1) is 30.6 Å². The normalized spacial score (nSPS) is 12.9. The van der Waals surface area contributed by atoms with Crippen molar-refractivity contribution in [2.45, 2.75) is 26.3 Å². The van der Waals surface area contributed by atoms with Gasteiger partial charge in [-0.2, -0.15) is 5.10 Å². The lowest BCUT2D eigenvalue weighted by molar-refractivity contribution is 0.0733. The number of hydrogen-bond acceptors (Lipinski definition) is 4. The lowest BCUT2D eigenvalue weighted by Gasteiger charge is -2.23. The van der Waals surface area contributed by atoms with Crippen LogP contribution in [-0.4, -0.2) is 34.2 Å². The molecular weight excluding hydrogens is 438 g/mol. The molecule has 0 N–H and O–H groups in total. The SMILES string of the molecule is COc1ccc(C(=O)N(Cc2c(C)nn(-c3ccccc3)c2Oc2ccccc2)CC2CC2)cc1. The average Bonchev–Trinajstić information content (AvgIpc) is 3.68. The third-order valence-corrected chi connectivity index (χ3v) is 6.24. The number of carbonyl (C=O) groups is 1. The third-order valence-electron chi connectivity index (χ3n) is 6.24. The Balaban J connectivity index is 1.52. The molecule has 0 spiro atoms. The van der Waals surface area contributed by atoms with Crippen molar-refractivity contribution in [3.05, 3.63) is 102 Å². The molecule has 5 rings (SSSR count). The fourth-order valence-corrected chi connectivity index (χ4v) is 4.11. The number of nitrogens with zero attached hydrogens (tertiary/aromatic N) is 3. The van der Waals surface area contributed by atoms with Gasteiger partial charge in [-0.05, 0) is 74.2 Å². The van der Waals surface area contributed by atoms with E-state index in [0.717, 1.165) is 41.3 Å². The Labute approximate surface area is 205 Å². The Morgan fingerprint density at radius 2 is 1.60 bits per heavy atom. The van der Waals surface area contributed by atoms with Crippen LogP contribution in [0.25, 0.3) is 5.69 Å². The van der Waals surface area contributed by atoms with Gasteiger partial charge in [0.2, 0.25) is 5.88 Å². The fourth-order valence-electron chi connectivity index (χ4n) is 4.11. The van der Waals surface area contributed by atoms with Gasteiger partial charge in [0.15, 0.2) is 0 Å². The van der Waals surface area contributed by atoms with E-state index in [2.05, 4.69) is 0 Å². The highest BCUT2D eigenvalue weighted by Crippen LogP contribution is 2.34. The minimum Gasteiger partial charge on any atom is -0.497 e. The highest BCUT2D eigenvalue weighted by Gasteiger charge is 2.30. The Kier molecular flexibility index (Phi) is 6.53. The van der Waals surface area contributed by atoms with E-state index in [-0.39, 0.29) is 5.91 Å². The van der Waals surface area contributed by atoms with Gasteiger partial charge in [-0.1, -0.05) is 36.4 Å². The van der Waals surface area contributed by atoms with Gasteiger partial charge in [0, 0.05) is 12.1 Å². The monoisotopic (exact) mass is 467 g/mol. The van der Waals surface area contributed by atoms with E-state index < -0.39 is 0 Å². The fraction of sp³-hybridized carbons (Fsp3) is 0.241. The zero-order chi connectivity index (χ0) is 24.2. The summed E-state index contributed by atoms with van der Waals surface area (Å²) in [5, 5.41) is 4.82. The van der Waals surface area contributed by atoms with Crippen LogP contribution in [0.5, 0.6) is 17.4 Å². The molecule has 6 heteroatoms. The van der Waals surface area contributed by atoms with Crippen molar-refractivity contribution in [1.82, 2.24) is 14.7 Å². The van der Waals surface area contributed by atoms with Crippen LogP contribution in [0.3, 0.4) is 0 Å². The Morgan fingerprint density at radius 1 is 0.943 bits per heavy atom. The molecule has 1 fully saturated rings. The molecule has 0 saturated heterocycles. The molecule has 1 saturated carbocycles. The molecule has 4 aromatic rings. The number of rotatable bonds is 9. The van der Waals surface area contributed by atoms with E-state index >= 15 is 0 Å². The molecule has 3 aromatic carbocycles. The van der Waals surface area contributed by atoms with E-state index in [4.69, 9.17) is 14.6 Å². The third kappa shape index (κ3) is 5.22. The zero-order valence-electron chi connectivity index (χ0n) is 20.1. The molecule has 1 aliphatic rings. The van der Waals surface area contributed by atoms with E-state index in [0.29, 0.717) is 30.5 Å². The number of benzene rings is 3. The molecule has 0 radical (unpaired) electrons. The first-order valence-electron chi connectivity index (χ1n) is 11.9. The largest absolute Gasteiger partial charge is 0.497 e. The number of methoxy groups -OCH3 is 1. The van der Waals surface area contributed by atoms with Gasteiger partial charge in [-0.3, -0.25) is 4.79 Å². The molecule has 6 nitrogen and oxygen atoms in total. The second kappa shape index (κ2) is 10.1. The first-order valence-corrected chi connectivity index (χ1v) is 11.9. The highest BCUT2D eigenvalue weighted by molar-refractivity contribution is 5.94. The van der Waals surface area contributed by atoms with Crippen LogP contribution in [-0.2, 0) is 6.54 Å². The van der Waals surface area contributed by atoms with Gasteiger partial charge >= 0.3 is 0 Å². The predicted octanol–water partition coefficient (Wildman–Crippen LogP) is 6.03. The molecule has 0 unspecified atom stereocenters. The van der Waals surface area contributed by atoms with Crippen LogP contribution in [0.1, 0.15) is 34.5 Å². The molecule has 1 heterocycles. The molecule has 0 atom stereocenters. The van der Waals surface area contributed by atoms with Gasteiger partial charge in [-0.15, -0.1) is 0 Å². The number of carbonyl (C=O) groups excluding carboxylic acids is 1. The molecular formula is C29H29N3O3. The Morgan fingerprint density at radius 3 is 2.23 bits per heavy atom. The van der Waals surface area contributed by atoms with E-state index in [1.807, 2.05) is 101 Å². The topological polar surface area (TPSA) is 56.6 Å². The van der Waals surface area contributed by atoms with E-state index in [9.17, 15) is 4.79 Å². The zero-order valence-corrected chi connectivity index (χ0v) is 20.1. The van der Waals surface area contributed by atoms with Crippen LogP contribution >= 0.6 is 0 Å². The molecule has 0 bridgehead atoms. The van der Waals surface area contributed by atoms with E-state index in [1.165, 1.54) is 0 Å². The maximum atomic E-state index is 13.6. The van der Waals surface area contributed by atoms with Crippen molar-refractivity contribution in [3.63, 3.8) is 0 Å². The van der Waals surface area contributed by atoms with Crippen molar-refractivity contribution >= 4 is 5.91 Å². The minimum absolute atomic E-state index is 0.00271. The van der Waals surface area contributed by atoms with Crippen LogP contribution < -0.4 is 9.47 Å². The predicted molar refractivity (Wildman–Crippen MR) is 135 cm³/mol. The first-order chi connectivity index (χ1) is 17.1. The molecule has 0 aliphatic heterocycles. The minimum atomic E-state index is -0.00271. The van der Waals surface area contributed by atoms with Crippen molar-refractivity contribution < 1.29 is 14.3 Å². The Hall–Kier alpha value is -4.06. The van der Waals surface area contributed by atoms with Gasteiger partial charge in [-0.25, -0.2) is 4.68 Å². The molecule has 178 valence electrons. The second-order valence-corrected chi connectivity index (χ2v) is 8.89. The van der Waals surface area contributed by atoms with Crippen LogP contribution in [0.2, 0.25) is 0 Å². The summed E-state index contributed by atoms with van der Waals surface area (Å²) in [5.41, 5.74) is 3.29. The average molecular weight is 468 g/mol. The van der Waals surface area contributed by atoms with Crippen LogP contribution in [0.4, 0.5) is 0 Å². The molecule has 35 heavy (non-hydrogen) atoms. The molecule has 1 amide bonds.